The topological polar surface area (TPSA) is 0 Å². The van der Waals surface area contributed by atoms with Crippen LogP contribution in [-0.4, -0.2) is 6.47 Å². The summed E-state index contributed by atoms with van der Waals surface area (Å²) in [4.78, 5) is 0. The van der Waals surface area contributed by atoms with Crippen LogP contribution in [0.25, 0.3) is 0 Å². The van der Waals surface area contributed by atoms with Gasteiger partial charge in [-0.1, -0.05) is 70.6 Å². The maximum absolute atomic E-state index is 3.67. The molecular formula is C7H10Br4. The van der Waals surface area contributed by atoms with Gasteiger partial charge in [-0.3, -0.25) is 0 Å². The minimum atomic E-state index is 0.116. The lowest BCUT2D eigenvalue weighted by Crippen LogP contribution is -2.33. The van der Waals surface area contributed by atoms with E-state index in [0.29, 0.717) is 0 Å². The van der Waals surface area contributed by atoms with Crippen molar-refractivity contribution in [2.45, 2.75) is 32.7 Å². The quantitative estimate of drug-likeness (QED) is 0.501. The van der Waals surface area contributed by atoms with Crippen LogP contribution >= 0.6 is 63.7 Å². The Morgan fingerprint density at radius 1 is 1.00 bits per heavy atom. The third-order valence-electron chi connectivity index (χ3n) is 1.81. The van der Waals surface area contributed by atoms with Crippen LogP contribution in [0.5, 0.6) is 0 Å². The van der Waals surface area contributed by atoms with Gasteiger partial charge in [0.15, 0.2) is 0 Å². The Kier molecular flexibility index (Phi) is 3.58. The van der Waals surface area contributed by atoms with Crippen molar-refractivity contribution >= 4 is 63.7 Å². The molecule has 0 unspecified atom stereocenters. The fourth-order valence-corrected chi connectivity index (χ4v) is 7.24. The fraction of sp³-hybridized carbons (Fsp3) is 1.00. The first kappa shape index (κ1) is 11.0. The molecule has 4 heteroatoms. The van der Waals surface area contributed by atoms with Gasteiger partial charge in [0.1, 0.15) is 0 Å². The van der Waals surface area contributed by atoms with Gasteiger partial charge in [0.05, 0.1) is 6.47 Å². The summed E-state index contributed by atoms with van der Waals surface area (Å²) in [7, 11) is 0. The highest BCUT2D eigenvalue weighted by molar-refractivity contribution is 9.26. The molecule has 11 heavy (non-hydrogen) atoms. The lowest BCUT2D eigenvalue weighted by atomic mass is 9.90. The number of hydrogen-bond acceptors (Lipinski definition) is 0. The summed E-state index contributed by atoms with van der Waals surface area (Å²) in [5.74, 6) is 0.737. The Morgan fingerprint density at radius 2 is 1.36 bits per heavy atom. The molecule has 0 N–H and O–H groups in total. The predicted octanol–water partition coefficient (Wildman–Crippen LogP) is 4.78. The van der Waals surface area contributed by atoms with Crippen LogP contribution in [0.2, 0.25) is 0 Å². The summed E-state index contributed by atoms with van der Waals surface area (Å²) in [6.07, 6.45) is 3.43. The van der Waals surface area contributed by atoms with E-state index < -0.39 is 0 Å². The molecule has 66 valence electrons. The highest BCUT2D eigenvalue weighted by Gasteiger charge is 2.41. The summed E-state index contributed by atoms with van der Waals surface area (Å²) >= 11 is 14.7. The van der Waals surface area contributed by atoms with E-state index in [1.165, 1.54) is 12.8 Å². The molecule has 1 fully saturated rings. The van der Waals surface area contributed by atoms with Gasteiger partial charge >= 0.3 is 0 Å². The molecule has 1 rings (SSSR count). The molecule has 1 aliphatic rings. The molecule has 0 spiro atoms. The van der Waals surface area contributed by atoms with Gasteiger partial charge in [0.25, 0.3) is 0 Å². The largest absolute Gasteiger partial charge is 0.0829 e. The van der Waals surface area contributed by atoms with Crippen LogP contribution in [0.3, 0.4) is 0 Å². The summed E-state index contributed by atoms with van der Waals surface area (Å²) in [5.41, 5.74) is 0. The number of alkyl halides is 4. The second-order valence-electron chi connectivity index (χ2n) is 3.40. The Balaban J connectivity index is 2.66. The number of halogens is 4. The summed E-state index contributed by atoms with van der Waals surface area (Å²) < 4.78 is 0.231. The van der Waals surface area contributed by atoms with Crippen LogP contribution in [-0.2, 0) is 0 Å². The number of rotatable bonds is 0. The van der Waals surface area contributed by atoms with E-state index in [2.05, 4.69) is 70.6 Å². The smallest absolute Gasteiger partial charge is 0.0726 e. The van der Waals surface area contributed by atoms with Crippen molar-refractivity contribution in [1.82, 2.24) is 0 Å². The third-order valence-corrected chi connectivity index (χ3v) is 4.23. The van der Waals surface area contributed by atoms with Gasteiger partial charge in [-0.25, -0.2) is 0 Å². The van der Waals surface area contributed by atoms with Gasteiger partial charge in [-0.05, 0) is 25.2 Å². The van der Waals surface area contributed by atoms with E-state index >= 15 is 0 Å². The predicted molar refractivity (Wildman–Crippen MR) is 64.2 cm³/mol. The average molecular weight is 414 g/mol. The third kappa shape index (κ3) is 3.65. The minimum Gasteiger partial charge on any atom is -0.0726 e. The summed E-state index contributed by atoms with van der Waals surface area (Å²) in [6, 6.07) is 0. The van der Waals surface area contributed by atoms with Gasteiger partial charge in [-0.15, -0.1) is 0 Å². The van der Waals surface area contributed by atoms with Gasteiger partial charge in [0.2, 0.25) is 0 Å². The van der Waals surface area contributed by atoms with Crippen molar-refractivity contribution in [2.24, 2.45) is 5.92 Å². The van der Waals surface area contributed by atoms with Crippen molar-refractivity contribution in [2.75, 3.05) is 0 Å². The fourth-order valence-electron chi connectivity index (χ4n) is 1.61. The highest BCUT2D eigenvalue weighted by atomic mass is 79.9. The average Bonchev–Trinajstić information content (AvgIpc) is 1.49. The van der Waals surface area contributed by atoms with Crippen LogP contribution in [0.4, 0.5) is 0 Å². The first-order valence-electron chi connectivity index (χ1n) is 3.56. The lowest BCUT2D eigenvalue weighted by Gasteiger charge is -2.38. The summed E-state index contributed by atoms with van der Waals surface area (Å²) in [5, 5.41) is 0. The second-order valence-corrected chi connectivity index (χ2v) is 11.6. The molecule has 1 aliphatic carbocycles. The first-order chi connectivity index (χ1) is 4.81. The Bertz CT molecular complexity index is 137. The van der Waals surface area contributed by atoms with Crippen molar-refractivity contribution in [3.63, 3.8) is 0 Å². The molecule has 0 aromatic rings. The Labute approximate surface area is 101 Å². The maximum atomic E-state index is 3.67. The molecule has 0 aromatic heterocycles. The standard InChI is InChI=1S/C7H10Br4/c1-5-2-6(8,9)4-7(10,11)3-5/h5H,2-4H2,1H3. The molecule has 1 saturated carbocycles. The van der Waals surface area contributed by atoms with Crippen LogP contribution < -0.4 is 0 Å². The van der Waals surface area contributed by atoms with Crippen LogP contribution in [0, 0.1) is 5.92 Å². The molecule has 0 radical (unpaired) electrons. The molecule has 0 aromatic carbocycles. The maximum Gasteiger partial charge on any atom is 0.0829 e. The van der Waals surface area contributed by atoms with E-state index in [0.717, 1.165) is 12.3 Å². The zero-order chi connectivity index (χ0) is 8.70. The zero-order valence-electron chi connectivity index (χ0n) is 6.21. The molecule has 0 aliphatic heterocycles. The van der Waals surface area contributed by atoms with Crippen LogP contribution in [0.1, 0.15) is 26.2 Å². The van der Waals surface area contributed by atoms with E-state index in [1.807, 2.05) is 0 Å². The van der Waals surface area contributed by atoms with Crippen molar-refractivity contribution < 1.29 is 0 Å². The molecular weight excluding hydrogens is 404 g/mol. The van der Waals surface area contributed by atoms with E-state index in [-0.39, 0.29) is 6.47 Å². The highest BCUT2D eigenvalue weighted by Crippen LogP contribution is 2.53. The Morgan fingerprint density at radius 3 is 1.64 bits per heavy atom. The van der Waals surface area contributed by atoms with Gasteiger partial charge in [-0.2, -0.15) is 0 Å². The normalized spacial score (nSPS) is 30.3. The second kappa shape index (κ2) is 3.58. The van der Waals surface area contributed by atoms with E-state index in [1.54, 1.807) is 0 Å². The number of hydrogen-bond donors (Lipinski definition) is 0. The van der Waals surface area contributed by atoms with Crippen molar-refractivity contribution in [3.8, 4) is 0 Å². The first-order valence-corrected chi connectivity index (χ1v) is 6.74. The van der Waals surface area contributed by atoms with E-state index in [4.69, 9.17) is 0 Å². The molecule has 0 saturated heterocycles. The van der Waals surface area contributed by atoms with Crippen molar-refractivity contribution in [3.05, 3.63) is 0 Å². The van der Waals surface area contributed by atoms with Gasteiger partial charge < -0.3 is 0 Å². The minimum absolute atomic E-state index is 0.116. The van der Waals surface area contributed by atoms with Gasteiger partial charge in [0, 0.05) is 0 Å². The zero-order valence-corrected chi connectivity index (χ0v) is 12.6. The lowest BCUT2D eigenvalue weighted by molar-refractivity contribution is 0.384. The molecule has 0 nitrogen and oxygen atoms in total. The SMILES string of the molecule is CC1CC(Br)(Br)CC(Br)(Br)C1. The molecule has 0 atom stereocenters. The molecule has 0 heterocycles. The molecule has 0 bridgehead atoms. The van der Waals surface area contributed by atoms with Crippen molar-refractivity contribution in [1.29, 1.82) is 0 Å². The molecule has 0 amide bonds. The van der Waals surface area contributed by atoms with Crippen LogP contribution in [0.15, 0.2) is 0 Å². The van der Waals surface area contributed by atoms with E-state index in [9.17, 15) is 0 Å². The summed E-state index contributed by atoms with van der Waals surface area (Å²) in [6.45, 7) is 2.27. The monoisotopic (exact) mass is 410 g/mol. The Hall–Kier alpha value is 1.92.